The molecule has 2 nitrogen and oxygen atoms in total. The number of hydrogen-bond donors (Lipinski definition) is 0. The Morgan fingerprint density at radius 2 is 2.18 bits per heavy atom. The highest BCUT2D eigenvalue weighted by molar-refractivity contribution is 7.13. The van der Waals surface area contributed by atoms with Crippen LogP contribution < -0.4 is 0 Å². The predicted octanol–water partition coefficient (Wildman–Crippen LogP) is 3.22. The lowest BCUT2D eigenvalue weighted by Gasteiger charge is -1.98. The normalized spacial score (nSPS) is 10.5. The SMILES string of the molecule is CC(=O)Cc1csc(-c2ccc(F)cc2F)n1. The molecule has 2 aromatic rings. The number of Topliss-reactive ketones (excluding diaryl/α,β-unsaturated/α-hetero) is 1. The van der Waals surface area contributed by atoms with Crippen molar-refractivity contribution in [2.75, 3.05) is 0 Å². The van der Waals surface area contributed by atoms with Crippen LogP contribution in [0, 0.1) is 11.6 Å². The quantitative estimate of drug-likeness (QED) is 0.840. The second-order valence-electron chi connectivity index (χ2n) is 3.65. The third-order valence-electron chi connectivity index (χ3n) is 2.14. The van der Waals surface area contributed by atoms with E-state index in [0.29, 0.717) is 10.7 Å². The van der Waals surface area contributed by atoms with Crippen molar-refractivity contribution in [1.82, 2.24) is 4.98 Å². The van der Waals surface area contributed by atoms with E-state index >= 15 is 0 Å². The molecular formula is C12H9F2NOS. The van der Waals surface area contributed by atoms with Gasteiger partial charge in [0.2, 0.25) is 0 Å². The summed E-state index contributed by atoms with van der Waals surface area (Å²) in [5, 5.41) is 2.17. The van der Waals surface area contributed by atoms with Gasteiger partial charge in [-0.25, -0.2) is 13.8 Å². The van der Waals surface area contributed by atoms with Crippen LogP contribution in [0.4, 0.5) is 8.78 Å². The molecule has 0 saturated heterocycles. The summed E-state index contributed by atoms with van der Waals surface area (Å²) in [5.41, 5.74) is 0.868. The largest absolute Gasteiger partial charge is 0.300 e. The van der Waals surface area contributed by atoms with E-state index in [9.17, 15) is 13.6 Å². The molecule has 0 amide bonds. The molecule has 5 heteroatoms. The third-order valence-corrected chi connectivity index (χ3v) is 3.07. The summed E-state index contributed by atoms with van der Waals surface area (Å²) in [6.07, 6.45) is 0.235. The van der Waals surface area contributed by atoms with Crippen LogP contribution in [0.1, 0.15) is 12.6 Å². The maximum atomic E-state index is 13.5. The first kappa shape index (κ1) is 11.9. The van der Waals surface area contributed by atoms with Crippen LogP contribution >= 0.6 is 11.3 Å². The van der Waals surface area contributed by atoms with Crippen LogP contribution in [0.25, 0.3) is 10.6 Å². The Morgan fingerprint density at radius 1 is 1.41 bits per heavy atom. The predicted molar refractivity (Wildman–Crippen MR) is 61.9 cm³/mol. The summed E-state index contributed by atoms with van der Waals surface area (Å²) >= 11 is 1.24. The Morgan fingerprint density at radius 3 is 2.82 bits per heavy atom. The second-order valence-corrected chi connectivity index (χ2v) is 4.51. The average molecular weight is 253 g/mol. The molecule has 0 fully saturated rings. The van der Waals surface area contributed by atoms with E-state index in [1.165, 1.54) is 30.4 Å². The Kier molecular flexibility index (Phi) is 3.28. The zero-order chi connectivity index (χ0) is 12.4. The fraction of sp³-hybridized carbons (Fsp3) is 0.167. The average Bonchev–Trinajstić information content (AvgIpc) is 2.65. The first-order valence-corrected chi connectivity index (χ1v) is 5.83. The molecule has 0 aliphatic heterocycles. The molecule has 1 heterocycles. The second kappa shape index (κ2) is 4.71. The number of carbonyl (C=O) groups excluding carboxylic acids is 1. The topological polar surface area (TPSA) is 30.0 Å². The molecule has 1 aromatic carbocycles. The Balaban J connectivity index is 2.33. The highest BCUT2D eigenvalue weighted by Gasteiger charge is 2.11. The van der Waals surface area contributed by atoms with E-state index < -0.39 is 11.6 Å². The number of benzene rings is 1. The van der Waals surface area contributed by atoms with Crippen LogP contribution in [0.2, 0.25) is 0 Å². The summed E-state index contributed by atoms with van der Waals surface area (Å²) in [6, 6.07) is 3.35. The van der Waals surface area contributed by atoms with Gasteiger partial charge in [-0.1, -0.05) is 0 Å². The van der Waals surface area contributed by atoms with Gasteiger partial charge in [0, 0.05) is 23.4 Å². The van der Waals surface area contributed by atoms with Crippen molar-refractivity contribution in [2.45, 2.75) is 13.3 Å². The van der Waals surface area contributed by atoms with E-state index in [1.54, 1.807) is 5.38 Å². The summed E-state index contributed by atoms with van der Waals surface area (Å²) in [7, 11) is 0. The molecule has 88 valence electrons. The molecule has 0 saturated carbocycles. The summed E-state index contributed by atoms with van der Waals surface area (Å²) < 4.78 is 26.2. The van der Waals surface area contributed by atoms with Crippen molar-refractivity contribution >= 4 is 17.1 Å². The molecule has 17 heavy (non-hydrogen) atoms. The van der Waals surface area contributed by atoms with Gasteiger partial charge in [0.15, 0.2) is 0 Å². The Labute approximate surface area is 101 Å². The monoisotopic (exact) mass is 253 g/mol. The molecule has 1 aromatic heterocycles. The van der Waals surface area contributed by atoms with Crippen molar-refractivity contribution in [3.05, 3.63) is 40.9 Å². The van der Waals surface area contributed by atoms with Crippen LogP contribution in [0.15, 0.2) is 23.6 Å². The maximum Gasteiger partial charge on any atom is 0.136 e. The molecule has 0 unspecified atom stereocenters. The molecule has 0 spiro atoms. The van der Waals surface area contributed by atoms with Crippen molar-refractivity contribution in [2.24, 2.45) is 0 Å². The molecular weight excluding hydrogens is 244 g/mol. The molecule has 0 radical (unpaired) electrons. The van der Waals surface area contributed by atoms with Crippen LogP contribution in [-0.2, 0) is 11.2 Å². The molecule has 2 rings (SSSR count). The Bertz CT molecular complexity index is 565. The maximum absolute atomic E-state index is 13.5. The first-order chi connectivity index (χ1) is 8.06. The van der Waals surface area contributed by atoms with Gasteiger partial charge in [0.25, 0.3) is 0 Å². The van der Waals surface area contributed by atoms with E-state index in [1.807, 2.05) is 0 Å². The highest BCUT2D eigenvalue weighted by Crippen LogP contribution is 2.26. The number of carbonyl (C=O) groups is 1. The van der Waals surface area contributed by atoms with Gasteiger partial charge in [-0.05, 0) is 19.1 Å². The fourth-order valence-corrected chi connectivity index (χ4v) is 2.28. The number of halogens is 2. The van der Waals surface area contributed by atoms with Crippen molar-refractivity contribution in [3.63, 3.8) is 0 Å². The first-order valence-electron chi connectivity index (χ1n) is 4.95. The van der Waals surface area contributed by atoms with E-state index in [-0.39, 0.29) is 17.8 Å². The fourth-order valence-electron chi connectivity index (χ4n) is 1.43. The standard InChI is InChI=1S/C12H9F2NOS/c1-7(16)4-9-6-17-12(15-9)10-3-2-8(13)5-11(10)14/h2-3,5-6H,4H2,1H3. The minimum Gasteiger partial charge on any atom is -0.300 e. The van der Waals surface area contributed by atoms with Gasteiger partial charge < -0.3 is 0 Å². The number of rotatable bonds is 3. The molecule has 0 aliphatic carbocycles. The molecule has 0 aliphatic rings. The minimum atomic E-state index is -0.645. The number of ketones is 1. The lowest BCUT2D eigenvalue weighted by molar-refractivity contribution is -0.116. The minimum absolute atomic E-state index is 0.00132. The van der Waals surface area contributed by atoms with Gasteiger partial charge in [0.1, 0.15) is 22.4 Å². The lowest BCUT2D eigenvalue weighted by Crippen LogP contribution is -1.96. The zero-order valence-electron chi connectivity index (χ0n) is 9.04. The van der Waals surface area contributed by atoms with E-state index in [0.717, 1.165) is 6.07 Å². The number of nitrogens with zero attached hydrogens (tertiary/aromatic N) is 1. The van der Waals surface area contributed by atoms with Crippen molar-refractivity contribution < 1.29 is 13.6 Å². The summed E-state index contributed by atoms with van der Waals surface area (Å²) in [4.78, 5) is 15.1. The van der Waals surface area contributed by atoms with Gasteiger partial charge in [-0.3, -0.25) is 4.79 Å². The molecule has 0 atom stereocenters. The number of hydrogen-bond acceptors (Lipinski definition) is 3. The van der Waals surface area contributed by atoms with E-state index in [4.69, 9.17) is 0 Å². The number of aromatic nitrogens is 1. The summed E-state index contributed by atoms with van der Waals surface area (Å²) in [5.74, 6) is -1.26. The van der Waals surface area contributed by atoms with Crippen molar-refractivity contribution in [1.29, 1.82) is 0 Å². The van der Waals surface area contributed by atoms with Gasteiger partial charge in [-0.15, -0.1) is 11.3 Å². The van der Waals surface area contributed by atoms with Crippen LogP contribution in [0.5, 0.6) is 0 Å². The van der Waals surface area contributed by atoms with Crippen LogP contribution in [0.3, 0.4) is 0 Å². The lowest BCUT2D eigenvalue weighted by atomic mass is 10.2. The van der Waals surface area contributed by atoms with Gasteiger partial charge in [0.05, 0.1) is 5.69 Å². The van der Waals surface area contributed by atoms with Gasteiger partial charge in [-0.2, -0.15) is 0 Å². The van der Waals surface area contributed by atoms with Crippen LogP contribution in [-0.4, -0.2) is 10.8 Å². The third kappa shape index (κ3) is 2.74. The van der Waals surface area contributed by atoms with E-state index in [2.05, 4.69) is 4.98 Å². The highest BCUT2D eigenvalue weighted by atomic mass is 32.1. The summed E-state index contributed by atoms with van der Waals surface area (Å²) in [6.45, 7) is 1.47. The van der Waals surface area contributed by atoms with Crippen molar-refractivity contribution in [3.8, 4) is 10.6 Å². The zero-order valence-corrected chi connectivity index (χ0v) is 9.85. The van der Waals surface area contributed by atoms with Gasteiger partial charge >= 0.3 is 0 Å². The molecule has 0 N–H and O–H groups in total. The number of thiazole rings is 1. The Hall–Kier alpha value is -1.62. The smallest absolute Gasteiger partial charge is 0.136 e. The molecule has 0 bridgehead atoms.